The number of nitrogens with one attached hydrogen (secondary N) is 2. The second kappa shape index (κ2) is 8.95. The van der Waals surface area contributed by atoms with E-state index in [1.165, 1.54) is 34.8 Å². The lowest BCUT2D eigenvalue weighted by molar-refractivity contribution is -0.384. The van der Waals surface area contributed by atoms with Gasteiger partial charge in [0.2, 0.25) is 0 Å². The average molecular weight is 431 g/mol. The minimum absolute atomic E-state index is 0.0435. The van der Waals surface area contributed by atoms with E-state index in [9.17, 15) is 24.8 Å². The largest absolute Gasteiger partial charge is 0.383 e. The van der Waals surface area contributed by atoms with E-state index in [-0.39, 0.29) is 17.9 Å². The molecule has 29 heavy (non-hydrogen) atoms. The van der Waals surface area contributed by atoms with Crippen LogP contribution in [0.5, 0.6) is 0 Å². The molecule has 2 aromatic heterocycles. The van der Waals surface area contributed by atoms with Gasteiger partial charge in [-0.25, -0.2) is 0 Å². The molecule has 150 valence electrons. The standard InChI is InChI=1S/C19H17N3O5S2/c1-11-2-4-14(15(8-11)22(26)27)21-19(25)18(24)20-9-13-3-5-16(29-13)17(23)12-6-7-28-10-12/h2-8,10,17,23H,9H2,1H3,(H,20,24)(H,21,25). The van der Waals surface area contributed by atoms with Crippen LogP contribution in [0.25, 0.3) is 0 Å². The van der Waals surface area contributed by atoms with Gasteiger partial charge < -0.3 is 15.7 Å². The summed E-state index contributed by atoms with van der Waals surface area (Å²) in [5.41, 5.74) is 1.14. The number of anilines is 1. The first-order valence-corrected chi connectivity index (χ1v) is 10.2. The molecule has 1 aromatic carbocycles. The smallest absolute Gasteiger partial charge is 0.313 e. The van der Waals surface area contributed by atoms with Crippen molar-refractivity contribution in [3.8, 4) is 0 Å². The first-order valence-electron chi connectivity index (χ1n) is 8.48. The summed E-state index contributed by atoms with van der Waals surface area (Å²) in [5.74, 6) is -1.90. The van der Waals surface area contributed by atoms with Crippen molar-refractivity contribution < 1.29 is 19.6 Å². The Bertz CT molecular complexity index is 1050. The van der Waals surface area contributed by atoms with E-state index >= 15 is 0 Å². The van der Waals surface area contributed by atoms with Crippen molar-refractivity contribution in [3.05, 3.63) is 78.2 Å². The maximum Gasteiger partial charge on any atom is 0.313 e. The zero-order chi connectivity index (χ0) is 21.0. The lowest BCUT2D eigenvalue weighted by atomic mass is 10.2. The lowest BCUT2D eigenvalue weighted by Gasteiger charge is -2.07. The molecule has 10 heteroatoms. The van der Waals surface area contributed by atoms with Crippen LogP contribution < -0.4 is 10.6 Å². The summed E-state index contributed by atoms with van der Waals surface area (Å²) in [6, 6.07) is 9.68. The monoisotopic (exact) mass is 431 g/mol. The molecule has 1 unspecified atom stereocenters. The Hall–Kier alpha value is -3.08. The second-order valence-electron chi connectivity index (χ2n) is 6.18. The third-order valence-electron chi connectivity index (χ3n) is 4.04. The van der Waals surface area contributed by atoms with Gasteiger partial charge in [-0.2, -0.15) is 11.3 Å². The van der Waals surface area contributed by atoms with Crippen LogP contribution in [-0.2, 0) is 16.1 Å². The van der Waals surface area contributed by atoms with Gasteiger partial charge in [-0.05, 0) is 53.1 Å². The Morgan fingerprint density at radius 1 is 1.21 bits per heavy atom. The van der Waals surface area contributed by atoms with Gasteiger partial charge in [0, 0.05) is 15.8 Å². The van der Waals surface area contributed by atoms with Gasteiger partial charge in [0.05, 0.1) is 11.5 Å². The predicted molar refractivity (Wildman–Crippen MR) is 111 cm³/mol. The molecule has 0 aliphatic rings. The van der Waals surface area contributed by atoms with Gasteiger partial charge in [-0.15, -0.1) is 11.3 Å². The quantitative estimate of drug-likeness (QED) is 0.314. The fraction of sp³-hybridized carbons (Fsp3) is 0.158. The molecule has 0 saturated carbocycles. The van der Waals surface area contributed by atoms with E-state index in [1.54, 1.807) is 25.1 Å². The van der Waals surface area contributed by atoms with Crippen LogP contribution in [-0.4, -0.2) is 21.8 Å². The number of nitro benzene ring substituents is 1. The number of benzene rings is 1. The number of carbonyl (C=O) groups excluding carboxylic acids is 2. The Balaban J connectivity index is 1.59. The fourth-order valence-corrected chi connectivity index (χ4v) is 4.20. The number of amides is 2. The molecule has 0 bridgehead atoms. The van der Waals surface area contributed by atoms with Crippen LogP contribution in [0.15, 0.2) is 47.2 Å². The van der Waals surface area contributed by atoms with E-state index in [0.717, 1.165) is 15.3 Å². The molecular weight excluding hydrogens is 414 g/mol. The third kappa shape index (κ3) is 5.05. The van der Waals surface area contributed by atoms with Crippen molar-refractivity contribution in [2.75, 3.05) is 5.32 Å². The zero-order valence-electron chi connectivity index (χ0n) is 15.2. The summed E-state index contributed by atoms with van der Waals surface area (Å²) in [4.78, 5) is 36.1. The Kier molecular flexibility index (Phi) is 6.37. The Labute approximate surface area is 174 Å². The number of nitrogens with zero attached hydrogens (tertiary/aromatic N) is 1. The number of hydrogen-bond acceptors (Lipinski definition) is 7. The van der Waals surface area contributed by atoms with Crippen molar-refractivity contribution in [2.24, 2.45) is 0 Å². The SMILES string of the molecule is Cc1ccc(NC(=O)C(=O)NCc2ccc(C(O)c3ccsc3)s2)c([N+](=O)[O-])c1. The number of aliphatic hydroxyl groups excluding tert-OH is 1. The average Bonchev–Trinajstić information content (AvgIpc) is 3.38. The van der Waals surface area contributed by atoms with Crippen LogP contribution in [0.2, 0.25) is 0 Å². The van der Waals surface area contributed by atoms with Crippen molar-refractivity contribution in [3.63, 3.8) is 0 Å². The molecule has 1 atom stereocenters. The van der Waals surface area contributed by atoms with E-state index in [4.69, 9.17) is 0 Å². The molecule has 0 spiro atoms. The van der Waals surface area contributed by atoms with Crippen molar-refractivity contribution >= 4 is 45.9 Å². The summed E-state index contributed by atoms with van der Waals surface area (Å²) >= 11 is 2.82. The lowest BCUT2D eigenvalue weighted by Crippen LogP contribution is -2.34. The summed E-state index contributed by atoms with van der Waals surface area (Å²) in [5, 5.41) is 29.9. The summed E-state index contributed by atoms with van der Waals surface area (Å²) in [7, 11) is 0. The van der Waals surface area contributed by atoms with Gasteiger partial charge in [0.25, 0.3) is 5.69 Å². The van der Waals surface area contributed by atoms with Crippen LogP contribution in [0.3, 0.4) is 0 Å². The molecule has 0 aliphatic heterocycles. The predicted octanol–water partition coefficient (Wildman–Crippen LogP) is 3.36. The van der Waals surface area contributed by atoms with Gasteiger partial charge in [0.1, 0.15) is 11.8 Å². The molecule has 3 aromatic rings. The van der Waals surface area contributed by atoms with Gasteiger partial charge >= 0.3 is 11.8 Å². The first kappa shape index (κ1) is 20.6. The molecular formula is C19H17N3O5S2. The molecule has 8 nitrogen and oxygen atoms in total. The molecule has 3 N–H and O–H groups in total. The minimum Gasteiger partial charge on any atom is -0.383 e. The number of nitro groups is 1. The van der Waals surface area contributed by atoms with E-state index in [2.05, 4.69) is 10.6 Å². The molecule has 2 heterocycles. The van der Waals surface area contributed by atoms with Crippen molar-refractivity contribution in [1.29, 1.82) is 0 Å². The number of rotatable bonds is 6. The van der Waals surface area contributed by atoms with E-state index in [0.29, 0.717) is 5.56 Å². The highest BCUT2D eigenvalue weighted by molar-refractivity contribution is 7.12. The van der Waals surface area contributed by atoms with Gasteiger partial charge in [-0.1, -0.05) is 6.07 Å². The Morgan fingerprint density at radius 2 is 2.00 bits per heavy atom. The van der Waals surface area contributed by atoms with Crippen LogP contribution in [0.1, 0.15) is 27.0 Å². The number of aryl methyl sites for hydroxylation is 1. The molecule has 3 rings (SSSR count). The fourth-order valence-electron chi connectivity index (χ4n) is 2.56. The highest BCUT2D eigenvalue weighted by atomic mass is 32.1. The molecule has 0 radical (unpaired) electrons. The molecule has 0 fully saturated rings. The zero-order valence-corrected chi connectivity index (χ0v) is 16.9. The van der Waals surface area contributed by atoms with Crippen LogP contribution >= 0.6 is 22.7 Å². The maximum absolute atomic E-state index is 12.1. The van der Waals surface area contributed by atoms with Crippen LogP contribution in [0.4, 0.5) is 11.4 Å². The number of hydrogen-bond donors (Lipinski definition) is 3. The number of carbonyl (C=O) groups is 2. The molecule has 0 aliphatic carbocycles. The molecule has 2 amide bonds. The minimum atomic E-state index is -0.993. The summed E-state index contributed by atoms with van der Waals surface area (Å²) in [6.07, 6.45) is -0.735. The Morgan fingerprint density at radius 3 is 2.69 bits per heavy atom. The van der Waals surface area contributed by atoms with Gasteiger partial charge in [-0.3, -0.25) is 19.7 Å². The first-order chi connectivity index (χ1) is 13.8. The topological polar surface area (TPSA) is 122 Å². The number of aliphatic hydroxyl groups is 1. The van der Waals surface area contributed by atoms with Crippen molar-refractivity contribution in [2.45, 2.75) is 19.6 Å². The summed E-state index contributed by atoms with van der Waals surface area (Å²) in [6.45, 7) is 1.79. The van der Waals surface area contributed by atoms with E-state index in [1.807, 2.05) is 16.8 Å². The van der Waals surface area contributed by atoms with Gasteiger partial charge in [0.15, 0.2) is 0 Å². The summed E-state index contributed by atoms with van der Waals surface area (Å²) < 4.78 is 0. The number of thiophene rings is 2. The maximum atomic E-state index is 12.1. The second-order valence-corrected chi connectivity index (χ2v) is 8.16. The molecule has 0 saturated heterocycles. The van der Waals surface area contributed by atoms with E-state index < -0.39 is 22.8 Å². The highest BCUT2D eigenvalue weighted by Gasteiger charge is 2.20. The third-order valence-corrected chi connectivity index (χ3v) is 5.88. The normalized spacial score (nSPS) is 11.7. The van der Waals surface area contributed by atoms with Crippen molar-refractivity contribution in [1.82, 2.24) is 5.32 Å². The highest BCUT2D eigenvalue weighted by Crippen LogP contribution is 2.29. The van der Waals surface area contributed by atoms with Crippen LogP contribution in [0, 0.1) is 17.0 Å².